The van der Waals surface area contributed by atoms with E-state index in [-0.39, 0.29) is 5.24 Å². The summed E-state index contributed by atoms with van der Waals surface area (Å²) in [5.74, 6) is 0. The summed E-state index contributed by atoms with van der Waals surface area (Å²) in [4.78, 5) is 10.6. The molecule has 0 spiro atoms. The Morgan fingerprint density at radius 3 is 1.31 bits per heavy atom. The third-order valence-electron chi connectivity index (χ3n) is 5.14. The maximum absolute atomic E-state index is 10.6. The van der Waals surface area contributed by atoms with E-state index in [4.69, 9.17) is 11.6 Å². The van der Waals surface area contributed by atoms with E-state index in [0.29, 0.717) is 6.42 Å². The number of allylic oxidation sites excluding steroid dienone is 2. The molecule has 0 saturated carbocycles. The van der Waals surface area contributed by atoms with Crippen LogP contribution in [0.15, 0.2) is 12.2 Å². The Morgan fingerprint density at radius 2 is 0.923 bits per heavy atom. The van der Waals surface area contributed by atoms with Gasteiger partial charge in [-0.2, -0.15) is 0 Å². The molecule has 2 heteroatoms. The highest BCUT2D eigenvalue weighted by Crippen LogP contribution is 2.13. The molecule has 0 aromatic heterocycles. The van der Waals surface area contributed by atoms with Gasteiger partial charge in [0.1, 0.15) is 0 Å². The number of hydrogen-bond donors (Lipinski definition) is 0. The van der Waals surface area contributed by atoms with Crippen LogP contribution in [0.2, 0.25) is 0 Å². The Hall–Kier alpha value is -0.300. The first-order valence-electron chi connectivity index (χ1n) is 11.6. The van der Waals surface area contributed by atoms with E-state index >= 15 is 0 Å². The molecule has 0 aliphatic heterocycles. The van der Waals surface area contributed by atoms with E-state index < -0.39 is 0 Å². The standard InChI is InChI=1S/C24H45ClO/c1-2-3-4-5-6-7-8-9-10-11-12-13-14-15-16-17-18-19-20-21-22-23-24(25)26/h9-10H,2-8,11-23H2,1H3. The van der Waals surface area contributed by atoms with Crippen molar-refractivity contribution in [3.63, 3.8) is 0 Å². The number of unbranched alkanes of at least 4 members (excludes halogenated alkanes) is 17. The molecular weight excluding hydrogens is 340 g/mol. The second-order valence-corrected chi connectivity index (χ2v) is 8.23. The molecule has 0 aliphatic rings. The van der Waals surface area contributed by atoms with Gasteiger partial charge < -0.3 is 0 Å². The summed E-state index contributed by atoms with van der Waals surface area (Å²) in [6.45, 7) is 2.28. The number of hydrogen-bond acceptors (Lipinski definition) is 1. The molecule has 0 atom stereocenters. The fourth-order valence-electron chi connectivity index (χ4n) is 3.40. The van der Waals surface area contributed by atoms with Crippen LogP contribution in [0.25, 0.3) is 0 Å². The van der Waals surface area contributed by atoms with Crippen LogP contribution in [0.1, 0.15) is 135 Å². The topological polar surface area (TPSA) is 17.1 Å². The highest BCUT2D eigenvalue weighted by molar-refractivity contribution is 6.63. The zero-order valence-electron chi connectivity index (χ0n) is 17.6. The van der Waals surface area contributed by atoms with Crippen molar-refractivity contribution >= 4 is 16.8 Å². The Kier molecular flexibility index (Phi) is 22.5. The molecule has 0 radical (unpaired) electrons. The Labute approximate surface area is 169 Å². The summed E-state index contributed by atoms with van der Waals surface area (Å²) in [6, 6.07) is 0. The van der Waals surface area contributed by atoms with Crippen LogP contribution < -0.4 is 0 Å². The lowest BCUT2D eigenvalue weighted by Gasteiger charge is -2.02. The van der Waals surface area contributed by atoms with Crippen molar-refractivity contribution in [3.05, 3.63) is 12.2 Å². The van der Waals surface area contributed by atoms with Gasteiger partial charge in [0.25, 0.3) is 0 Å². The highest BCUT2D eigenvalue weighted by Gasteiger charge is 1.96. The van der Waals surface area contributed by atoms with Crippen LogP contribution in [0.5, 0.6) is 0 Å². The lowest BCUT2D eigenvalue weighted by Crippen LogP contribution is -1.86. The normalized spacial score (nSPS) is 11.5. The fraction of sp³-hybridized carbons (Fsp3) is 0.875. The summed E-state index contributed by atoms with van der Waals surface area (Å²) in [5.41, 5.74) is 0. The van der Waals surface area contributed by atoms with Crippen molar-refractivity contribution in [2.24, 2.45) is 0 Å². The maximum Gasteiger partial charge on any atom is 0.221 e. The van der Waals surface area contributed by atoms with Crippen molar-refractivity contribution in [1.29, 1.82) is 0 Å². The average Bonchev–Trinajstić information content (AvgIpc) is 2.62. The third-order valence-corrected chi connectivity index (χ3v) is 5.32. The van der Waals surface area contributed by atoms with Gasteiger partial charge in [-0.3, -0.25) is 4.79 Å². The van der Waals surface area contributed by atoms with Crippen LogP contribution in [0.3, 0.4) is 0 Å². The predicted octanol–water partition coefficient (Wildman–Crippen LogP) is 9.13. The zero-order chi connectivity index (χ0) is 19.1. The fourth-order valence-corrected chi connectivity index (χ4v) is 3.53. The van der Waals surface area contributed by atoms with Crippen LogP contribution in [0, 0.1) is 0 Å². The first-order chi connectivity index (χ1) is 12.8. The van der Waals surface area contributed by atoms with Gasteiger partial charge in [0.05, 0.1) is 0 Å². The number of carbonyl (C=O) groups is 1. The SMILES string of the molecule is CCCCCCCCC=CCCCCCCCCCCCCCC(=O)Cl. The highest BCUT2D eigenvalue weighted by atomic mass is 35.5. The minimum atomic E-state index is -0.182. The van der Waals surface area contributed by atoms with E-state index in [9.17, 15) is 4.79 Å². The van der Waals surface area contributed by atoms with Crippen LogP contribution in [-0.2, 0) is 4.79 Å². The summed E-state index contributed by atoms with van der Waals surface area (Å²) < 4.78 is 0. The number of rotatable bonds is 21. The van der Waals surface area contributed by atoms with E-state index in [0.717, 1.165) is 12.8 Å². The molecule has 154 valence electrons. The monoisotopic (exact) mass is 384 g/mol. The largest absolute Gasteiger partial charge is 0.281 e. The molecule has 0 rings (SSSR count). The summed E-state index contributed by atoms with van der Waals surface area (Å²) >= 11 is 5.33. The zero-order valence-corrected chi connectivity index (χ0v) is 18.3. The molecule has 0 aromatic rings. The molecule has 0 bridgehead atoms. The minimum Gasteiger partial charge on any atom is -0.281 e. The van der Waals surface area contributed by atoms with Gasteiger partial charge in [-0.05, 0) is 43.7 Å². The van der Waals surface area contributed by atoms with E-state index in [1.54, 1.807) is 0 Å². The number of halogens is 1. The third kappa shape index (κ3) is 23.7. The lowest BCUT2D eigenvalue weighted by atomic mass is 10.0. The van der Waals surface area contributed by atoms with Gasteiger partial charge in [-0.25, -0.2) is 0 Å². The van der Waals surface area contributed by atoms with Gasteiger partial charge in [0.15, 0.2) is 0 Å². The number of carbonyl (C=O) groups excluding carboxylic acids is 1. The quantitative estimate of drug-likeness (QED) is 0.109. The summed E-state index contributed by atoms with van der Waals surface area (Å²) in [5, 5.41) is -0.182. The molecule has 0 N–H and O–H groups in total. The van der Waals surface area contributed by atoms with Crippen LogP contribution in [0.4, 0.5) is 0 Å². The van der Waals surface area contributed by atoms with Crippen molar-refractivity contribution < 1.29 is 4.79 Å². The predicted molar refractivity (Wildman–Crippen MR) is 118 cm³/mol. The van der Waals surface area contributed by atoms with E-state index in [2.05, 4.69) is 19.1 Å². The van der Waals surface area contributed by atoms with Gasteiger partial charge in [-0.15, -0.1) is 0 Å². The van der Waals surface area contributed by atoms with Crippen molar-refractivity contribution in [2.75, 3.05) is 0 Å². The first kappa shape index (κ1) is 25.7. The molecule has 1 nitrogen and oxygen atoms in total. The van der Waals surface area contributed by atoms with Crippen molar-refractivity contribution in [3.8, 4) is 0 Å². The van der Waals surface area contributed by atoms with Gasteiger partial charge >= 0.3 is 0 Å². The average molecular weight is 385 g/mol. The molecule has 0 fully saturated rings. The molecular formula is C24H45ClO. The smallest absolute Gasteiger partial charge is 0.221 e. The van der Waals surface area contributed by atoms with Gasteiger partial charge in [0, 0.05) is 6.42 Å². The summed E-state index contributed by atoms with van der Waals surface area (Å²) in [6.07, 6.45) is 30.7. The second kappa shape index (κ2) is 22.7. The molecule has 26 heavy (non-hydrogen) atoms. The van der Waals surface area contributed by atoms with Gasteiger partial charge in [0.2, 0.25) is 5.24 Å². The van der Waals surface area contributed by atoms with Crippen LogP contribution in [-0.4, -0.2) is 5.24 Å². The molecule has 0 saturated heterocycles. The molecule has 0 amide bonds. The molecule has 0 aromatic carbocycles. The Morgan fingerprint density at radius 1 is 0.577 bits per heavy atom. The molecule has 0 unspecified atom stereocenters. The Bertz CT molecular complexity index is 311. The molecule has 0 aliphatic carbocycles. The van der Waals surface area contributed by atoms with Crippen molar-refractivity contribution in [2.45, 2.75) is 135 Å². The molecule has 0 heterocycles. The first-order valence-corrected chi connectivity index (χ1v) is 12.0. The lowest BCUT2D eigenvalue weighted by molar-refractivity contribution is -0.111. The minimum absolute atomic E-state index is 0.182. The van der Waals surface area contributed by atoms with Crippen molar-refractivity contribution in [1.82, 2.24) is 0 Å². The van der Waals surface area contributed by atoms with Crippen LogP contribution >= 0.6 is 11.6 Å². The van der Waals surface area contributed by atoms with Gasteiger partial charge in [-0.1, -0.05) is 109 Å². The Balaban J connectivity index is 3.06. The second-order valence-electron chi connectivity index (χ2n) is 7.81. The maximum atomic E-state index is 10.6. The van der Waals surface area contributed by atoms with E-state index in [1.165, 1.54) is 109 Å². The summed E-state index contributed by atoms with van der Waals surface area (Å²) in [7, 11) is 0. The van der Waals surface area contributed by atoms with E-state index in [1.807, 2.05) is 0 Å².